The summed E-state index contributed by atoms with van der Waals surface area (Å²) in [6, 6.07) is 4.81. The first-order valence-corrected chi connectivity index (χ1v) is 11.1. The van der Waals surface area contributed by atoms with Crippen molar-refractivity contribution < 1.29 is 13.9 Å². The number of likely N-dealkylation sites (tertiary alicyclic amines) is 1. The molecule has 2 atom stereocenters. The van der Waals surface area contributed by atoms with Crippen LogP contribution in [0.15, 0.2) is 18.2 Å². The van der Waals surface area contributed by atoms with E-state index >= 15 is 0 Å². The van der Waals surface area contributed by atoms with Crippen LogP contribution in [0.1, 0.15) is 62.2 Å². The lowest BCUT2D eigenvalue weighted by molar-refractivity contribution is 0.0947. The topological polar surface area (TPSA) is 41.6 Å². The molecule has 0 bridgehead atoms. The number of carbonyl (C=O) groups is 1. The Morgan fingerprint density at radius 2 is 2.04 bits per heavy atom. The molecule has 0 spiro atoms. The second-order valence-electron chi connectivity index (χ2n) is 8.87. The summed E-state index contributed by atoms with van der Waals surface area (Å²) < 4.78 is 20.0. The minimum absolute atomic E-state index is 0.107. The lowest BCUT2D eigenvalue weighted by Gasteiger charge is -2.32. The van der Waals surface area contributed by atoms with Gasteiger partial charge in [-0.15, -0.1) is 0 Å². The van der Waals surface area contributed by atoms with E-state index in [2.05, 4.69) is 17.1 Å². The van der Waals surface area contributed by atoms with Gasteiger partial charge in [-0.1, -0.05) is 6.92 Å². The number of hydrogen-bond acceptors (Lipinski definition) is 3. The van der Waals surface area contributed by atoms with Gasteiger partial charge in [0, 0.05) is 12.1 Å². The zero-order valence-corrected chi connectivity index (χ0v) is 17.0. The number of carbonyl (C=O) groups excluding carboxylic acids is 1. The number of ether oxygens (including phenoxy) is 1. The monoisotopic (exact) mass is 388 g/mol. The molecule has 154 valence electrons. The van der Waals surface area contributed by atoms with E-state index in [4.69, 9.17) is 4.74 Å². The first kappa shape index (κ1) is 19.7. The van der Waals surface area contributed by atoms with Crippen molar-refractivity contribution in [2.24, 2.45) is 17.8 Å². The smallest absolute Gasteiger partial charge is 0.254 e. The number of piperidine rings is 1. The highest BCUT2D eigenvalue weighted by Gasteiger charge is 2.43. The largest absolute Gasteiger partial charge is 0.493 e. The van der Waals surface area contributed by atoms with Crippen LogP contribution < -0.4 is 10.1 Å². The second kappa shape index (κ2) is 8.81. The molecule has 1 aromatic carbocycles. The Labute approximate surface area is 167 Å². The Balaban J connectivity index is 1.17. The van der Waals surface area contributed by atoms with Crippen LogP contribution in [0, 0.1) is 23.6 Å². The van der Waals surface area contributed by atoms with Crippen LogP contribution in [0.3, 0.4) is 0 Å². The fourth-order valence-electron chi connectivity index (χ4n) is 4.69. The van der Waals surface area contributed by atoms with Gasteiger partial charge < -0.3 is 15.0 Å². The maximum atomic E-state index is 14.2. The van der Waals surface area contributed by atoms with Gasteiger partial charge in [0.15, 0.2) is 0 Å². The summed E-state index contributed by atoms with van der Waals surface area (Å²) in [5.41, 5.74) is 0.107. The molecular formula is C23H33FN2O2. The van der Waals surface area contributed by atoms with Gasteiger partial charge in [-0.05, 0) is 94.5 Å². The van der Waals surface area contributed by atoms with Gasteiger partial charge in [0.05, 0.1) is 12.2 Å². The molecule has 28 heavy (non-hydrogen) atoms. The Morgan fingerprint density at radius 1 is 1.25 bits per heavy atom. The quantitative estimate of drug-likeness (QED) is 0.688. The van der Waals surface area contributed by atoms with Crippen LogP contribution in [0.5, 0.6) is 5.75 Å². The molecule has 2 saturated carbocycles. The number of amides is 1. The highest BCUT2D eigenvalue weighted by Crippen LogP contribution is 2.49. The van der Waals surface area contributed by atoms with E-state index in [1.54, 1.807) is 6.07 Å². The molecule has 0 unspecified atom stereocenters. The molecule has 5 heteroatoms. The molecule has 1 aliphatic heterocycles. The molecule has 0 aromatic heterocycles. The van der Waals surface area contributed by atoms with Crippen LogP contribution >= 0.6 is 0 Å². The SMILES string of the molecule is CCCN1CCC([C@H]2C[C@H]2CCOc2ccc(C(=O)NC3CC3)c(F)c2)CC1. The molecule has 1 heterocycles. The van der Waals surface area contributed by atoms with Crippen LogP contribution in [-0.2, 0) is 0 Å². The van der Waals surface area contributed by atoms with Crippen molar-refractivity contribution in [2.45, 2.75) is 57.9 Å². The molecule has 1 N–H and O–H groups in total. The van der Waals surface area contributed by atoms with E-state index in [0.29, 0.717) is 12.4 Å². The molecular weight excluding hydrogens is 355 g/mol. The molecule has 3 fully saturated rings. The molecule has 2 aliphatic carbocycles. The van der Waals surface area contributed by atoms with Crippen molar-refractivity contribution in [2.75, 3.05) is 26.2 Å². The molecule has 4 rings (SSSR count). The van der Waals surface area contributed by atoms with Crippen molar-refractivity contribution in [1.29, 1.82) is 0 Å². The van der Waals surface area contributed by atoms with Crippen molar-refractivity contribution in [3.63, 3.8) is 0 Å². The van der Waals surface area contributed by atoms with E-state index < -0.39 is 5.82 Å². The highest BCUT2D eigenvalue weighted by molar-refractivity contribution is 5.95. The lowest BCUT2D eigenvalue weighted by atomic mass is 9.90. The Bertz CT molecular complexity index is 683. The average molecular weight is 389 g/mol. The van der Waals surface area contributed by atoms with Crippen LogP contribution in [0.2, 0.25) is 0 Å². The number of halogens is 1. The van der Waals surface area contributed by atoms with Gasteiger partial charge in [0.25, 0.3) is 5.91 Å². The lowest BCUT2D eigenvalue weighted by Crippen LogP contribution is -2.35. The Kier molecular flexibility index (Phi) is 6.19. The number of benzene rings is 1. The number of nitrogens with one attached hydrogen (secondary N) is 1. The first-order valence-electron chi connectivity index (χ1n) is 11.1. The van der Waals surface area contributed by atoms with E-state index in [9.17, 15) is 9.18 Å². The van der Waals surface area contributed by atoms with Crippen molar-refractivity contribution in [3.05, 3.63) is 29.6 Å². The van der Waals surface area contributed by atoms with Crippen molar-refractivity contribution >= 4 is 5.91 Å². The van der Waals surface area contributed by atoms with Crippen molar-refractivity contribution in [1.82, 2.24) is 10.2 Å². The summed E-state index contributed by atoms with van der Waals surface area (Å²) >= 11 is 0. The summed E-state index contributed by atoms with van der Waals surface area (Å²) in [5.74, 6) is 2.23. The number of nitrogens with zero attached hydrogens (tertiary/aromatic N) is 1. The number of rotatable bonds is 9. The van der Waals surface area contributed by atoms with Crippen LogP contribution in [0.25, 0.3) is 0 Å². The van der Waals surface area contributed by atoms with Crippen LogP contribution in [-0.4, -0.2) is 43.1 Å². The van der Waals surface area contributed by atoms with Gasteiger partial charge in [0.1, 0.15) is 11.6 Å². The zero-order chi connectivity index (χ0) is 19.5. The fraction of sp³-hybridized carbons (Fsp3) is 0.696. The standard InChI is InChI=1S/C23H33FN2O2/c1-2-10-26-11-7-16(8-12-26)21-14-17(21)9-13-28-19-5-6-20(22(24)15-19)23(27)25-18-3-4-18/h5-6,15-18,21H,2-4,7-14H2,1H3,(H,25,27)/t17-,21-/m1/s1. The molecule has 1 saturated heterocycles. The maximum Gasteiger partial charge on any atom is 0.254 e. The summed E-state index contributed by atoms with van der Waals surface area (Å²) in [5, 5.41) is 2.82. The van der Waals surface area contributed by atoms with E-state index in [0.717, 1.165) is 37.0 Å². The zero-order valence-electron chi connectivity index (χ0n) is 17.0. The van der Waals surface area contributed by atoms with Gasteiger partial charge in [-0.25, -0.2) is 4.39 Å². The third-order valence-corrected chi connectivity index (χ3v) is 6.61. The highest BCUT2D eigenvalue weighted by atomic mass is 19.1. The maximum absolute atomic E-state index is 14.2. The van der Waals surface area contributed by atoms with E-state index in [1.807, 2.05) is 0 Å². The summed E-state index contributed by atoms with van der Waals surface area (Å²) in [6.07, 6.45) is 8.31. The van der Waals surface area contributed by atoms with Gasteiger partial charge in [-0.3, -0.25) is 4.79 Å². The first-order chi connectivity index (χ1) is 13.6. The van der Waals surface area contributed by atoms with Gasteiger partial charge >= 0.3 is 0 Å². The summed E-state index contributed by atoms with van der Waals surface area (Å²) in [4.78, 5) is 14.6. The molecule has 0 radical (unpaired) electrons. The van der Waals surface area contributed by atoms with E-state index in [-0.39, 0.29) is 17.5 Å². The third-order valence-electron chi connectivity index (χ3n) is 6.61. The Hall–Kier alpha value is -1.62. The number of hydrogen-bond donors (Lipinski definition) is 1. The Morgan fingerprint density at radius 3 is 2.71 bits per heavy atom. The minimum Gasteiger partial charge on any atom is -0.493 e. The van der Waals surface area contributed by atoms with Crippen LogP contribution in [0.4, 0.5) is 4.39 Å². The molecule has 3 aliphatic rings. The summed E-state index contributed by atoms with van der Waals surface area (Å²) in [6.45, 7) is 6.65. The predicted octanol–water partition coefficient (Wildman–Crippen LogP) is 4.24. The third kappa shape index (κ3) is 5.05. The predicted molar refractivity (Wildman–Crippen MR) is 108 cm³/mol. The summed E-state index contributed by atoms with van der Waals surface area (Å²) in [7, 11) is 0. The molecule has 1 amide bonds. The fourth-order valence-corrected chi connectivity index (χ4v) is 4.69. The average Bonchev–Trinajstić information content (AvgIpc) is 3.60. The molecule has 4 nitrogen and oxygen atoms in total. The second-order valence-corrected chi connectivity index (χ2v) is 8.87. The molecule has 1 aromatic rings. The van der Waals surface area contributed by atoms with Crippen molar-refractivity contribution in [3.8, 4) is 5.75 Å². The minimum atomic E-state index is -0.501. The van der Waals surface area contributed by atoms with Gasteiger partial charge in [-0.2, -0.15) is 0 Å². The van der Waals surface area contributed by atoms with E-state index in [1.165, 1.54) is 57.5 Å². The van der Waals surface area contributed by atoms with Gasteiger partial charge in [0.2, 0.25) is 0 Å². The normalized spacial score (nSPS) is 25.5.